The highest BCUT2D eigenvalue weighted by Gasteiger charge is 2.30. The molecule has 0 radical (unpaired) electrons. The first kappa shape index (κ1) is 21.0. The lowest BCUT2D eigenvalue weighted by atomic mass is 10.1. The third-order valence-corrected chi connectivity index (χ3v) is 3.75. The fourth-order valence-electron chi connectivity index (χ4n) is 2.29. The topological polar surface area (TPSA) is 66.1 Å². The Morgan fingerprint density at radius 3 is 2.44 bits per heavy atom. The summed E-state index contributed by atoms with van der Waals surface area (Å²) >= 11 is 5.63. The second kappa shape index (κ2) is 9.07. The van der Waals surface area contributed by atoms with Gasteiger partial charge in [0, 0.05) is 14.2 Å². The summed E-state index contributed by atoms with van der Waals surface area (Å²) in [6.07, 6.45) is -5.29. The zero-order chi connectivity index (χ0) is 20.0. The van der Waals surface area contributed by atoms with E-state index >= 15 is 0 Å². The van der Waals surface area contributed by atoms with Gasteiger partial charge in [-0.25, -0.2) is 4.99 Å². The summed E-state index contributed by atoms with van der Waals surface area (Å²) in [4.78, 5) is 4.13. The standard InChI is InChI=1S/C18H18ClF3N2O3/c1-25-17(26-2)14-9-12(24-16(23)10-19)6-7-15(14)27-13-5-3-4-11(8-13)18(20,21)22/h3-9,17H,10H2,1-2H3,(H2,23,24). The summed E-state index contributed by atoms with van der Waals surface area (Å²) < 4.78 is 54.8. The maximum Gasteiger partial charge on any atom is 0.416 e. The van der Waals surface area contributed by atoms with Gasteiger partial charge in [-0.15, -0.1) is 11.6 Å². The maximum absolute atomic E-state index is 12.9. The van der Waals surface area contributed by atoms with Crippen LogP contribution in [0.4, 0.5) is 18.9 Å². The molecule has 2 N–H and O–H groups in total. The molecule has 0 spiro atoms. The van der Waals surface area contributed by atoms with E-state index in [9.17, 15) is 13.2 Å². The minimum Gasteiger partial charge on any atom is -0.457 e. The molecule has 0 aliphatic rings. The van der Waals surface area contributed by atoms with Gasteiger partial charge in [0.15, 0.2) is 6.29 Å². The van der Waals surface area contributed by atoms with Crippen LogP contribution in [0.25, 0.3) is 0 Å². The molecule has 0 aliphatic carbocycles. The molecule has 0 heterocycles. The average Bonchev–Trinajstić information content (AvgIpc) is 2.64. The van der Waals surface area contributed by atoms with E-state index in [0.717, 1.165) is 12.1 Å². The quantitative estimate of drug-likeness (QED) is 0.306. The molecule has 0 aromatic heterocycles. The van der Waals surface area contributed by atoms with Crippen molar-refractivity contribution in [2.75, 3.05) is 20.1 Å². The number of amidine groups is 1. The fraction of sp³-hybridized carbons (Fsp3) is 0.278. The van der Waals surface area contributed by atoms with Crippen LogP contribution in [0.2, 0.25) is 0 Å². The monoisotopic (exact) mass is 402 g/mol. The summed E-state index contributed by atoms with van der Waals surface area (Å²) in [5, 5.41) is 0. The predicted octanol–water partition coefficient (Wildman–Crippen LogP) is 5.02. The number of methoxy groups -OCH3 is 2. The summed E-state index contributed by atoms with van der Waals surface area (Å²) in [7, 11) is 2.84. The lowest BCUT2D eigenvalue weighted by Gasteiger charge is -2.19. The van der Waals surface area contributed by atoms with Crippen molar-refractivity contribution >= 4 is 23.1 Å². The van der Waals surface area contributed by atoms with Gasteiger partial charge in [-0.1, -0.05) is 6.07 Å². The van der Waals surface area contributed by atoms with Crippen molar-refractivity contribution in [2.45, 2.75) is 12.5 Å². The van der Waals surface area contributed by atoms with Gasteiger partial charge in [0.2, 0.25) is 0 Å². The number of hydrogen-bond donors (Lipinski definition) is 1. The number of ether oxygens (including phenoxy) is 3. The molecule has 0 aliphatic heterocycles. The third-order valence-electron chi connectivity index (χ3n) is 3.47. The fourth-order valence-corrected chi connectivity index (χ4v) is 2.35. The van der Waals surface area contributed by atoms with Crippen molar-refractivity contribution in [3.8, 4) is 11.5 Å². The van der Waals surface area contributed by atoms with Gasteiger partial charge < -0.3 is 19.9 Å². The van der Waals surface area contributed by atoms with E-state index in [1.165, 1.54) is 26.4 Å². The van der Waals surface area contributed by atoms with Crippen molar-refractivity contribution in [2.24, 2.45) is 10.7 Å². The molecule has 0 amide bonds. The highest BCUT2D eigenvalue weighted by Crippen LogP contribution is 2.37. The number of alkyl halides is 4. The minimum atomic E-state index is -4.47. The van der Waals surface area contributed by atoms with E-state index in [1.54, 1.807) is 18.2 Å². The summed E-state index contributed by atoms with van der Waals surface area (Å²) in [5.74, 6) is 0.538. The van der Waals surface area contributed by atoms with Crippen LogP contribution in [0, 0.1) is 0 Å². The number of hydrogen-bond acceptors (Lipinski definition) is 4. The van der Waals surface area contributed by atoms with Crippen LogP contribution >= 0.6 is 11.6 Å². The molecule has 0 atom stereocenters. The van der Waals surface area contributed by atoms with Crippen LogP contribution < -0.4 is 10.5 Å². The zero-order valence-corrected chi connectivity index (χ0v) is 15.3. The Bertz CT molecular complexity index is 809. The summed E-state index contributed by atoms with van der Waals surface area (Å²) in [6, 6.07) is 9.30. The van der Waals surface area contributed by atoms with Crippen molar-refractivity contribution in [3.05, 3.63) is 53.6 Å². The Labute approximate surface area is 159 Å². The number of aliphatic imine (C=N–C) groups is 1. The van der Waals surface area contributed by atoms with Crippen LogP contribution in [0.15, 0.2) is 47.5 Å². The smallest absolute Gasteiger partial charge is 0.416 e. The maximum atomic E-state index is 12.9. The van der Waals surface area contributed by atoms with Gasteiger partial charge in [-0.05, 0) is 36.4 Å². The Morgan fingerprint density at radius 1 is 1.15 bits per heavy atom. The van der Waals surface area contributed by atoms with Gasteiger partial charge in [0.05, 0.1) is 22.7 Å². The van der Waals surface area contributed by atoms with Crippen LogP contribution in [-0.4, -0.2) is 25.9 Å². The molecule has 146 valence electrons. The van der Waals surface area contributed by atoms with E-state index in [2.05, 4.69) is 4.99 Å². The van der Waals surface area contributed by atoms with Crippen LogP contribution in [-0.2, 0) is 15.7 Å². The molecule has 5 nitrogen and oxygen atoms in total. The van der Waals surface area contributed by atoms with Gasteiger partial charge >= 0.3 is 6.18 Å². The van der Waals surface area contributed by atoms with Crippen molar-refractivity contribution in [1.29, 1.82) is 0 Å². The van der Waals surface area contributed by atoms with E-state index in [4.69, 9.17) is 31.5 Å². The van der Waals surface area contributed by atoms with Crippen LogP contribution in [0.3, 0.4) is 0 Å². The lowest BCUT2D eigenvalue weighted by molar-refractivity contribution is -0.137. The highest BCUT2D eigenvalue weighted by atomic mass is 35.5. The molecule has 0 saturated carbocycles. The Balaban J connectivity index is 2.43. The Hall–Kier alpha value is -2.29. The predicted molar refractivity (Wildman–Crippen MR) is 96.7 cm³/mol. The number of nitrogens with two attached hydrogens (primary N) is 1. The third kappa shape index (κ3) is 5.59. The van der Waals surface area contributed by atoms with Gasteiger partial charge in [0.1, 0.15) is 17.3 Å². The van der Waals surface area contributed by atoms with E-state index < -0.39 is 18.0 Å². The molecule has 0 saturated heterocycles. The minimum absolute atomic E-state index is 0.0218. The molecular weight excluding hydrogens is 385 g/mol. The molecule has 0 fully saturated rings. The van der Waals surface area contributed by atoms with Crippen molar-refractivity contribution < 1.29 is 27.4 Å². The van der Waals surface area contributed by atoms with Gasteiger partial charge in [0.25, 0.3) is 0 Å². The van der Waals surface area contributed by atoms with Gasteiger partial charge in [-0.2, -0.15) is 13.2 Å². The second-order valence-corrected chi connectivity index (χ2v) is 5.66. The molecule has 9 heteroatoms. The summed E-state index contributed by atoms with van der Waals surface area (Å²) in [6.45, 7) is 0. The number of rotatable bonds is 7. The van der Waals surface area contributed by atoms with Crippen molar-refractivity contribution in [3.63, 3.8) is 0 Å². The SMILES string of the molecule is COC(OC)c1cc(N=C(N)CCl)ccc1Oc1cccc(C(F)(F)F)c1. The zero-order valence-electron chi connectivity index (χ0n) is 14.6. The normalized spacial score (nSPS) is 12.5. The largest absolute Gasteiger partial charge is 0.457 e. The Morgan fingerprint density at radius 2 is 1.85 bits per heavy atom. The highest BCUT2D eigenvalue weighted by molar-refractivity contribution is 6.28. The number of halogens is 4. The average molecular weight is 403 g/mol. The molecular formula is C18H18ClF3N2O3. The first-order valence-electron chi connectivity index (χ1n) is 7.72. The molecule has 27 heavy (non-hydrogen) atoms. The number of benzene rings is 2. The van der Waals surface area contributed by atoms with E-state index in [-0.39, 0.29) is 23.2 Å². The number of nitrogens with zero attached hydrogens (tertiary/aromatic N) is 1. The molecule has 0 unspecified atom stereocenters. The van der Waals surface area contributed by atoms with Crippen LogP contribution in [0.1, 0.15) is 17.4 Å². The first-order chi connectivity index (χ1) is 12.8. The molecule has 2 aromatic rings. The van der Waals surface area contributed by atoms with Crippen molar-refractivity contribution in [1.82, 2.24) is 0 Å². The van der Waals surface area contributed by atoms with Gasteiger partial charge in [-0.3, -0.25) is 0 Å². The Kier molecular flexibility index (Phi) is 7.06. The summed E-state index contributed by atoms with van der Waals surface area (Å²) in [5.41, 5.74) is 5.72. The van der Waals surface area contributed by atoms with E-state index in [1.807, 2.05) is 0 Å². The first-order valence-corrected chi connectivity index (χ1v) is 8.25. The molecule has 0 bridgehead atoms. The van der Waals surface area contributed by atoms with Crippen LogP contribution in [0.5, 0.6) is 11.5 Å². The lowest BCUT2D eigenvalue weighted by Crippen LogP contribution is -2.12. The molecule has 2 aromatic carbocycles. The van der Waals surface area contributed by atoms with E-state index in [0.29, 0.717) is 11.3 Å². The second-order valence-electron chi connectivity index (χ2n) is 5.39. The molecule has 2 rings (SSSR count).